The normalized spacial score (nSPS) is 14.2. The van der Waals surface area contributed by atoms with Crippen LogP contribution in [0.2, 0.25) is 0 Å². The molecule has 1 unspecified atom stereocenters. The zero-order valence-electron chi connectivity index (χ0n) is 18.5. The molecule has 1 N–H and O–H groups in total. The standard InChI is InChI=1S/C25H27N2O4P/c1-18-14-19(2)26-24(18)15-23-20(3)27(25-13-9-8-12-22(23)25)17-31-32(28,29-4)30-16-21-10-6-5-7-11-21/h5-15,26H,3,16-17H2,1-2,4H3. The van der Waals surface area contributed by atoms with Crippen LogP contribution in [0.25, 0.3) is 23.6 Å². The van der Waals surface area contributed by atoms with Crippen molar-refractivity contribution in [2.24, 2.45) is 0 Å². The lowest BCUT2D eigenvalue weighted by atomic mass is 10.2. The highest BCUT2D eigenvalue weighted by molar-refractivity contribution is 7.48. The first-order valence-electron chi connectivity index (χ1n) is 10.3. The van der Waals surface area contributed by atoms with Gasteiger partial charge >= 0.3 is 7.82 Å². The molecular formula is C25H27N2O4P. The maximum Gasteiger partial charge on any atom is 0.476 e. The molecule has 2 heterocycles. The average Bonchev–Trinajstić information content (AvgIpc) is 3.27. The van der Waals surface area contributed by atoms with E-state index in [1.54, 1.807) is 0 Å². The van der Waals surface area contributed by atoms with Gasteiger partial charge in [0.05, 0.1) is 12.1 Å². The fourth-order valence-electron chi connectivity index (χ4n) is 3.73. The van der Waals surface area contributed by atoms with Crippen molar-refractivity contribution < 1.29 is 18.1 Å². The summed E-state index contributed by atoms with van der Waals surface area (Å²) in [7, 11) is -2.44. The first-order valence-corrected chi connectivity index (χ1v) is 11.8. The lowest BCUT2D eigenvalue weighted by molar-refractivity contribution is 0.100. The molecule has 1 atom stereocenters. The summed E-state index contributed by atoms with van der Waals surface area (Å²) in [4.78, 5) is 3.38. The summed E-state index contributed by atoms with van der Waals surface area (Å²) in [5.74, 6) is 0. The van der Waals surface area contributed by atoms with Gasteiger partial charge in [0.25, 0.3) is 0 Å². The monoisotopic (exact) mass is 450 g/mol. The Labute approximate surface area is 187 Å². The summed E-state index contributed by atoms with van der Waals surface area (Å²) in [6.45, 7) is 8.48. The molecule has 4 aromatic rings. The van der Waals surface area contributed by atoms with Crippen LogP contribution in [-0.2, 0) is 31.5 Å². The number of nitrogens with zero attached hydrogens (tertiary/aromatic N) is 1. The number of phosphoric acid groups is 1. The molecule has 166 valence electrons. The number of para-hydroxylation sites is 1. The van der Waals surface area contributed by atoms with Crippen LogP contribution >= 0.6 is 7.82 Å². The third-order valence-corrected chi connectivity index (χ3v) is 6.73. The van der Waals surface area contributed by atoms with E-state index in [1.807, 2.05) is 66.1 Å². The molecule has 0 saturated carbocycles. The molecule has 0 aliphatic rings. The minimum atomic E-state index is -3.76. The molecule has 4 rings (SSSR count). The van der Waals surface area contributed by atoms with Crippen molar-refractivity contribution in [3.8, 4) is 0 Å². The highest BCUT2D eigenvalue weighted by Crippen LogP contribution is 2.49. The van der Waals surface area contributed by atoms with Crippen LogP contribution in [0.1, 0.15) is 22.5 Å². The molecule has 2 aromatic heterocycles. The molecule has 0 aliphatic heterocycles. The molecular weight excluding hydrogens is 423 g/mol. The Kier molecular flexibility index (Phi) is 6.49. The zero-order chi connectivity index (χ0) is 22.7. The Morgan fingerprint density at radius 1 is 1.06 bits per heavy atom. The van der Waals surface area contributed by atoms with Gasteiger partial charge in [-0.2, -0.15) is 0 Å². The van der Waals surface area contributed by atoms with Gasteiger partial charge in [0.2, 0.25) is 0 Å². The van der Waals surface area contributed by atoms with Crippen molar-refractivity contribution in [1.29, 1.82) is 0 Å². The Morgan fingerprint density at radius 2 is 1.78 bits per heavy atom. The molecule has 0 spiro atoms. The maximum absolute atomic E-state index is 13.0. The Morgan fingerprint density at radius 3 is 2.47 bits per heavy atom. The fourth-order valence-corrected chi connectivity index (χ4v) is 4.58. The summed E-state index contributed by atoms with van der Waals surface area (Å²) < 4.78 is 31.2. The summed E-state index contributed by atoms with van der Waals surface area (Å²) in [6.07, 6.45) is 2.09. The van der Waals surface area contributed by atoms with E-state index in [2.05, 4.69) is 30.6 Å². The highest BCUT2D eigenvalue weighted by Gasteiger charge is 2.25. The SMILES string of the molecule is C=c1c(=Cc2[nH]c(C)cc2C)c2ccccc2n1COP(=O)(OC)OCc1ccccc1. The van der Waals surface area contributed by atoms with Gasteiger partial charge in [-0.1, -0.05) is 55.1 Å². The number of aryl methyl sites for hydroxylation is 2. The second kappa shape index (κ2) is 9.31. The van der Waals surface area contributed by atoms with Crippen molar-refractivity contribution in [2.75, 3.05) is 7.11 Å². The number of aromatic amines is 1. The number of H-pyrrole nitrogens is 1. The van der Waals surface area contributed by atoms with Crippen molar-refractivity contribution in [3.05, 3.63) is 93.7 Å². The fraction of sp³-hybridized carbons (Fsp3) is 0.200. The maximum atomic E-state index is 13.0. The Balaban J connectivity index is 1.65. The second-order valence-electron chi connectivity index (χ2n) is 7.65. The first-order chi connectivity index (χ1) is 15.4. The molecule has 0 fully saturated rings. The number of hydrogen-bond acceptors (Lipinski definition) is 4. The van der Waals surface area contributed by atoms with E-state index in [0.717, 1.165) is 44.0 Å². The molecule has 0 radical (unpaired) electrons. The lowest BCUT2D eigenvalue weighted by Gasteiger charge is -2.17. The summed E-state index contributed by atoms with van der Waals surface area (Å²) in [5.41, 5.74) is 5.10. The van der Waals surface area contributed by atoms with Crippen LogP contribution in [0, 0.1) is 13.8 Å². The number of phosphoric ester groups is 1. The number of fused-ring (bicyclic) bond motifs is 1. The zero-order valence-corrected chi connectivity index (χ0v) is 19.4. The van der Waals surface area contributed by atoms with Crippen LogP contribution in [0.15, 0.2) is 60.7 Å². The highest BCUT2D eigenvalue weighted by atomic mass is 31.2. The van der Waals surface area contributed by atoms with Crippen molar-refractivity contribution in [3.63, 3.8) is 0 Å². The molecule has 0 saturated heterocycles. The number of benzene rings is 2. The van der Waals surface area contributed by atoms with E-state index in [9.17, 15) is 4.57 Å². The van der Waals surface area contributed by atoms with E-state index in [4.69, 9.17) is 13.6 Å². The predicted octanol–water partition coefficient (Wildman–Crippen LogP) is 4.77. The lowest BCUT2D eigenvalue weighted by Crippen LogP contribution is -2.28. The number of aromatic nitrogens is 2. The van der Waals surface area contributed by atoms with Gasteiger partial charge in [0.15, 0.2) is 0 Å². The van der Waals surface area contributed by atoms with Crippen molar-refractivity contribution in [2.45, 2.75) is 27.2 Å². The largest absolute Gasteiger partial charge is 0.476 e. The molecule has 0 aliphatic carbocycles. The first kappa shape index (κ1) is 22.3. The molecule has 0 bridgehead atoms. The molecule has 0 amide bonds. The Bertz CT molecular complexity index is 1390. The molecule has 6 nitrogen and oxygen atoms in total. The smallest absolute Gasteiger partial charge is 0.359 e. The van der Waals surface area contributed by atoms with E-state index < -0.39 is 7.82 Å². The third-order valence-electron chi connectivity index (χ3n) is 5.40. The minimum absolute atomic E-state index is 0.0180. The quantitative estimate of drug-likeness (QED) is 0.393. The summed E-state index contributed by atoms with van der Waals surface area (Å²) in [5, 5.41) is 2.76. The van der Waals surface area contributed by atoms with Crippen molar-refractivity contribution in [1.82, 2.24) is 9.55 Å². The van der Waals surface area contributed by atoms with Gasteiger partial charge < -0.3 is 9.55 Å². The average molecular weight is 450 g/mol. The van der Waals surface area contributed by atoms with Crippen LogP contribution in [-0.4, -0.2) is 16.7 Å². The summed E-state index contributed by atoms with van der Waals surface area (Å²) in [6, 6.07) is 19.5. The number of rotatable bonds is 8. The molecule has 7 heteroatoms. The van der Waals surface area contributed by atoms with E-state index in [-0.39, 0.29) is 13.3 Å². The molecule has 32 heavy (non-hydrogen) atoms. The van der Waals surface area contributed by atoms with Gasteiger partial charge in [-0.05, 0) is 43.2 Å². The second-order valence-corrected chi connectivity index (χ2v) is 9.42. The van der Waals surface area contributed by atoms with Gasteiger partial charge in [-0.15, -0.1) is 0 Å². The summed E-state index contributed by atoms with van der Waals surface area (Å²) >= 11 is 0. The van der Waals surface area contributed by atoms with Crippen LogP contribution < -0.4 is 10.6 Å². The number of hydrogen-bond donors (Lipinski definition) is 1. The van der Waals surface area contributed by atoms with Crippen molar-refractivity contribution >= 4 is 31.4 Å². The molecule has 2 aromatic carbocycles. The van der Waals surface area contributed by atoms with Gasteiger partial charge in [0, 0.05) is 34.5 Å². The minimum Gasteiger partial charge on any atom is -0.359 e. The Hall–Kier alpha value is -2.89. The van der Waals surface area contributed by atoms with Crippen LogP contribution in [0.3, 0.4) is 0 Å². The van der Waals surface area contributed by atoms with Crippen LogP contribution in [0.4, 0.5) is 0 Å². The topological polar surface area (TPSA) is 65.5 Å². The van der Waals surface area contributed by atoms with Gasteiger partial charge in [-0.3, -0.25) is 13.6 Å². The predicted molar refractivity (Wildman–Crippen MR) is 127 cm³/mol. The van der Waals surface area contributed by atoms with Gasteiger partial charge in [0.1, 0.15) is 6.73 Å². The van der Waals surface area contributed by atoms with E-state index in [0.29, 0.717) is 0 Å². The van der Waals surface area contributed by atoms with E-state index in [1.165, 1.54) is 7.11 Å². The van der Waals surface area contributed by atoms with Gasteiger partial charge in [-0.25, -0.2) is 4.57 Å². The number of nitrogens with one attached hydrogen (secondary N) is 1. The van der Waals surface area contributed by atoms with E-state index >= 15 is 0 Å². The van der Waals surface area contributed by atoms with Crippen LogP contribution in [0.5, 0.6) is 0 Å². The third kappa shape index (κ3) is 4.64.